The molecule has 0 spiro atoms. The zero-order chi connectivity index (χ0) is 12.4. The summed E-state index contributed by atoms with van der Waals surface area (Å²) in [6, 6.07) is 0. The smallest absolute Gasteiger partial charge is 0.303 e. The van der Waals surface area contributed by atoms with E-state index in [-0.39, 0.29) is 6.61 Å². The molecule has 0 radical (unpaired) electrons. The first-order valence-electron chi connectivity index (χ1n) is 5.06. The van der Waals surface area contributed by atoms with Crippen LogP contribution in [0.25, 0.3) is 0 Å². The highest BCUT2D eigenvalue weighted by Crippen LogP contribution is 2.35. The van der Waals surface area contributed by atoms with Gasteiger partial charge in [0.25, 0.3) is 0 Å². The molecule has 0 amide bonds. The van der Waals surface area contributed by atoms with Crippen molar-refractivity contribution in [3.8, 4) is 24.7 Å². The third kappa shape index (κ3) is 9.77. The number of terminal acetylenes is 2. The quantitative estimate of drug-likeness (QED) is 0.389. The van der Waals surface area contributed by atoms with Gasteiger partial charge in [0.05, 0.1) is 6.61 Å². The molecular formula is C11H17O4P. The van der Waals surface area contributed by atoms with Crippen LogP contribution in [0.3, 0.4) is 0 Å². The lowest BCUT2D eigenvalue weighted by Crippen LogP contribution is -2.00. The number of phosphoric acid groups is 1. The highest BCUT2D eigenvalue weighted by atomic mass is 31.2. The highest BCUT2D eigenvalue weighted by Gasteiger charge is 2.13. The average molecular weight is 244 g/mol. The fourth-order valence-corrected chi connectivity index (χ4v) is 1.70. The largest absolute Gasteiger partial charge is 0.469 e. The van der Waals surface area contributed by atoms with Gasteiger partial charge in [0.15, 0.2) is 0 Å². The van der Waals surface area contributed by atoms with Gasteiger partial charge in [0.1, 0.15) is 0 Å². The predicted molar refractivity (Wildman–Crippen MR) is 62.2 cm³/mol. The van der Waals surface area contributed by atoms with Gasteiger partial charge < -0.3 is 9.79 Å². The van der Waals surface area contributed by atoms with Crippen LogP contribution in [-0.4, -0.2) is 16.4 Å². The van der Waals surface area contributed by atoms with E-state index in [1.165, 1.54) is 0 Å². The second-order valence-corrected chi connectivity index (χ2v) is 4.74. The Bertz CT molecular complexity index is 291. The molecule has 0 saturated heterocycles. The van der Waals surface area contributed by atoms with Crippen LogP contribution in [0.4, 0.5) is 0 Å². The van der Waals surface area contributed by atoms with Crippen molar-refractivity contribution in [1.82, 2.24) is 0 Å². The lowest BCUT2D eigenvalue weighted by atomic mass is 9.96. The van der Waals surface area contributed by atoms with Crippen molar-refractivity contribution in [3.63, 3.8) is 0 Å². The van der Waals surface area contributed by atoms with Gasteiger partial charge in [0.2, 0.25) is 0 Å². The Hall–Kier alpha value is -0.770. The van der Waals surface area contributed by atoms with Crippen LogP contribution in [0.5, 0.6) is 0 Å². The van der Waals surface area contributed by atoms with Crippen molar-refractivity contribution in [2.24, 2.45) is 5.92 Å². The first kappa shape index (κ1) is 15.2. The third-order valence-corrected chi connectivity index (χ3v) is 2.60. The Balaban J connectivity index is 3.60. The minimum absolute atomic E-state index is 0.0586. The maximum Gasteiger partial charge on any atom is 0.469 e. The monoisotopic (exact) mass is 244 g/mol. The fourth-order valence-electron chi connectivity index (χ4n) is 1.33. The van der Waals surface area contributed by atoms with Crippen molar-refractivity contribution < 1.29 is 18.9 Å². The molecule has 0 atom stereocenters. The second-order valence-electron chi connectivity index (χ2n) is 3.50. The van der Waals surface area contributed by atoms with Gasteiger partial charge in [-0.2, -0.15) is 0 Å². The van der Waals surface area contributed by atoms with Gasteiger partial charge in [-0.3, -0.25) is 4.52 Å². The Kier molecular flexibility index (Phi) is 7.99. The lowest BCUT2D eigenvalue weighted by molar-refractivity contribution is 0.192. The van der Waals surface area contributed by atoms with Crippen LogP contribution in [0.1, 0.15) is 32.1 Å². The van der Waals surface area contributed by atoms with Crippen molar-refractivity contribution in [3.05, 3.63) is 0 Å². The first-order valence-corrected chi connectivity index (χ1v) is 6.59. The van der Waals surface area contributed by atoms with E-state index in [0.29, 0.717) is 25.2 Å². The maximum absolute atomic E-state index is 10.4. The first-order chi connectivity index (χ1) is 7.49. The van der Waals surface area contributed by atoms with E-state index < -0.39 is 7.82 Å². The maximum atomic E-state index is 10.4. The van der Waals surface area contributed by atoms with Crippen molar-refractivity contribution >= 4 is 7.82 Å². The summed E-state index contributed by atoms with van der Waals surface area (Å²) >= 11 is 0. The Morgan fingerprint density at radius 2 is 1.75 bits per heavy atom. The summed E-state index contributed by atoms with van der Waals surface area (Å²) in [6.07, 6.45) is 13.9. The van der Waals surface area contributed by atoms with Gasteiger partial charge in [-0.25, -0.2) is 4.57 Å². The molecule has 0 rings (SSSR count). The van der Waals surface area contributed by atoms with E-state index in [0.717, 1.165) is 12.8 Å². The number of phosphoric ester groups is 1. The summed E-state index contributed by atoms with van der Waals surface area (Å²) in [7, 11) is -4.32. The molecule has 0 aromatic carbocycles. The van der Waals surface area contributed by atoms with Gasteiger partial charge in [0, 0.05) is 12.8 Å². The van der Waals surface area contributed by atoms with E-state index >= 15 is 0 Å². The fraction of sp³-hybridized carbons (Fsp3) is 0.636. The van der Waals surface area contributed by atoms with Gasteiger partial charge in [-0.05, 0) is 18.8 Å². The van der Waals surface area contributed by atoms with Crippen molar-refractivity contribution in [2.75, 3.05) is 6.61 Å². The molecule has 16 heavy (non-hydrogen) atoms. The Morgan fingerprint density at radius 1 is 1.19 bits per heavy atom. The van der Waals surface area contributed by atoms with E-state index in [4.69, 9.17) is 22.6 Å². The molecule has 0 aromatic heterocycles. The minimum Gasteiger partial charge on any atom is -0.303 e. The molecule has 0 unspecified atom stereocenters. The molecule has 0 aliphatic rings. The summed E-state index contributed by atoms with van der Waals surface area (Å²) < 4.78 is 14.7. The molecule has 0 bridgehead atoms. The van der Waals surface area contributed by atoms with Crippen LogP contribution in [-0.2, 0) is 9.09 Å². The number of hydrogen-bond acceptors (Lipinski definition) is 2. The molecule has 0 aliphatic carbocycles. The standard InChI is InChI=1S/C11H17O4P/c1-3-7-11(8-4-2)9-5-6-10-15-16(12,13)14/h1-2,11H,5-10H2,(H2,12,13,14). The molecule has 4 nitrogen and oxygen atoms in total. The molecule has 2 N–H and O–H groups in total. The summed E-state index contributed by atoms with van der Waals surface area (Å²) in [6.45, 7) is 0.0586. The van der Waals surface area contributed by atoms with Gasteiger partial charge in [-0.1, -0.05) is 6.42 Å². The summed E-state index contributed by atoms with van der Waals surface area (Å²) in [5.41, 5.74) is 0. The number of hydrogen-bond donors (Lipinski definition) is 2. The molecular weight excluding hydrogens is 227 g/mol. The predicted octanol–water partition coefficient (Wildman–Crippen LogP) is 1.93. The van der Waals surface area contributed by atoms with E-state index in [1.54, 1.807) is 0 Å². The van der Waals surface area contributed by atoms with E-state index in [9.17, 15) is 4.57 Å². The molecule has 0 saturated carbocycles. The van der Waals surface area contributed by atoms with Crippen LogP contribution in [0.2, 0.25) is 0 Å². The van der Waals surface area contributed by atoms with Crippen LogP contribution < -0.4 is 0 Å². The minimum atomic E-state index is -4.32. The molecule has 0 aliphatic heterocycles. The molecule has 0 heterocycles. The van der Waals surface area contributed by atoms with Crippen LogP contribution in [0, 0.1) is 30.6 Å². The van der Waals surface area contributed by atoms with Crippen LogP contribution in [0.15, 0.2) is 0 Å². The second kappa shape index (κ2) is 8.39. The summed E-state index contributed by atoms with van der Waals surface area (Å²) in [5, 5.41) is 0. The third-order valence-electron chi connectivity index (χ3n) is 2.08. The zero-order valence-corrected chi connectivity index (χ0v) is 10.0. The van der Waals surface area contributed by atoms with Crippen LogP contribution >= 0.6 is 7.82 Å². The normalized spacial score (nSPS) is 11.1. The SMILES string of the molecule is C#CCC(CC#C)CCCCOP(=O)(O)O. The molecule has 0 aromatic rings. The van der Waals surface area contributed by atoms with E-state index in [1.807, 2.05) is 0 Å². The molecule has 5 heteroatoms. The van der Waals surface area contributed by atoms with Crippen molar-refractivity contribution in [2.45, 2.75) is 32.1 Å². The van der Waals surface area contributed by atoms with Crippen molar-refractivity contribution in [1.29, 1.82) is 0 Å². The lowest BCUT2D eigenvalue weighted by Gasteiger charge is -2.10. The molecule has 0 fully saturated rings. The summed E-state index contributed by atoms with van der Waals surface area (Å²) in [5.74, 6) is 5.43. The molecule has 90 valence electrons. The zero-order valence-electron chi connectivity index (χ0n) is 9.13. The highest BCUT2D eigenvalue weighted by molar-refractivity contribution is 7.46. The van der Waals surface area contributed by atoms with E-state index in [2.05, 4.69) is 16.4 Å². The summed E-state index contributed by atoms with van der Waals surface area (Å²) in [4.78, 5) is 16.9. The Labute approximate surface area is 96.6 Å². The Morgan fingerprint density at radius 3 is 2.19 bits per heavy atom. The average Bonchev–Trinajstić information content (AvgIpc) is 2.16. The number of unbranched alkanes of at least 4 members (excludes halogenated alkanes) is 1. The van der Waals surface area contributed by atoms with Gasteiger partial charge >= 0.3 is 7.82 Å². The number of rotatable bonds is 8. The van der Waals surface area contributed by atoms with Gasteiger partial charge in [-0.15, -0.1) is 24.7 Å². The topological polar surface area (TPSA) is 66.8 Å².